The summed E-state index contributed by atoms with van der Waals surface area (Å²) in [6.45, 7) is 2.56. The summed E-state index contributed by atoms with van der Waals surface area (Å²) in [6.07, 6.45) is 2.94. The molecule has 0 unspecified atom stereocenters. The lowest BCUT2D eigenvalue weighted by Gasteiger charge is -2.32. The highest BCUT2D eigenvalue weighted by molar-refractivity contribution is 7.89. The van der Waals surface area contributed by atoms with Crippen LogP contribution in [0.15, 0.2) is 23.1 Å². The Labute approximate surface area is 116 Å². The van der Waals surface area contributed by atoms with Crippen LogP contribution in [0.2, 0.25) is 0 Å². The molecule has 0 N–H and O–H groups in total. The minimum atomic E-state index is -3.47. The number of rotatable bonds is 2. The molecule has 2 aromatic rings. The smallest absolute Gasteiger partial charge is 0.207 e. The van der Waals surface area contributed by atoms with Crippen molar-refractivity contribution in [2.75, 3.05) is 6.54 Å². The molecule has 0 bridgehead atoms. The molecule has 0 amide bonds. The molecule has 1 saturated heterocycles. The minimum absolute atomic E-state index is 0.0561. The van der Waals surface area contributed by atoms with Crippen LogP contribution in [0.25, 0.3) is 11.0 Å². The summed E-state index contributed by atoms with van der Waals surface area (Å²) in [7, 11) is -3.47. The molecule has 0 spiro atoms. The van der Waals surface area contributed by atoms with Crippen molar-refractivity contribution in [2.45, 2.75) is 37.1 Å². The van der Waals surface area contributed by atoms with Gasteiger partial charge in [-0.1, -0.05) is 12.5 Å². The van der Waals surface area contributed by atoms with E-state index in [1.807, 2.05) is 6.92 Å². The predicted octanol–water partition coefficient (Wildman–Crippen LogP) is 2.25. The number of sulfonamides is 1. The maximum absolute atomic E-state index is 12.8. The first-order valence-corrected chi connectivity index (χ1v) is 8.51. The summed E-state index contributed by atoms with van der Waals surface area (Å²) < 4.78 is 35.4. The fourth-order valence-electron chi connectivity index (χ4n) is 2.54. The number of aromatic nitrogens is 2. The number of nitrogens with zero attached hydrogens (tertiary/aromatic N) is 3. The number of piperidine rings is 1. The molecule has 3 rings (SSSR count). The van der Waals surface area contributed by atoms with Crippen LogP contribution in [0.5, 0.6) is 0 Å². The summed E-state index contributed by atoms with van der Waals surface area (Å²) in [5.74, 6) is 0. The second kappa shape index (κ2) is 4.81. The van der Waals surface area contributed by atoms with E-state index >= 15 is 0 Å². The summed E-state index contributed by atoms with van der Waals surface area (Å²) in [4.78, 5) is 0.285. The van der Waals surface area contributed by atoms with Gasteiger partial charge in [0.2, 0.25) is 10.0 Å². The zero-order valence-electron chi connectivity index (χ0n) is 10.6. The van der Waals surface area contributed by atoms with Gasteiger partial charge in [-0.3, -0.25) is 0 Å². The van der Waals surface area contributed by atoms with Crippen molar-refractivity contribution in [1.29, 1.82) is 0 Å². The predicted molar refractivity (Wildman–Crippen MR) is 74.6 cm³/mol. The van der Waals surface area contributed by atoms with Gasteiger partial charge in [0.15, 0.2) is 0 Å². The zero-order valence-corrected chi connectivity index (χ0v) is 12.2. The van der Waals surface area contributed by atoms with Gasteiger partial charge in [0.1, 0.15) is 15.9 Å². The lowest BCUT2D eigenvalue weighted by molar-refractivity contribution is 0.269. The van der Waals surface area contributed by atoms with E-state index in [4.69, 9.17) is 0 Å². The average molecular weight is 297 g/mol. The van der Waals surface area contributed by atoms with Crippen LogP contribution in [0.1, 0.15) is 26.2 Å². The Balaban J connectivity index is 2.11. The molecule has 1 aliphatic heterocycles. The lowest BCUT2D eigenvalue weighted by atomic mass is 10.1. The highest BCUT2D eigenvalue weighted by Crippen LogP contribution is 2.28. The van der Waals surface area contributed by atoms with E-state index in [1.54, 1.807) is 22.5 Å². The maximum Gasteiger partial charge on any atom is 0.245 e. The van der Waals surface area contributed by atoms with E-state index in [2.05, 4.69) is 8.75 Å². The van der Waals surface area contributed by atoms with Crippen LogP contribution in [0, 0.1) is 0 Å². The number of hydrogen-bond donors (Lipinski definition) is 0. The quantitative estimate of drug-likeness (QED) is 0.853. The summed E-state index contributed by atoms with van der Waals surface area (Å²) in [5.41, 5.74) is 1.14. The molecule has 1 fully saturated rings. The van der Waals surface area contributed by atoms with Crippen LogP contribution in [-0.2, 0) is 10.0 Å². The minimum Gasteiger partial charge on any atom is -0.207 e. The molecular weight excluding hydrogens is 282 g/mol. The van der Waals surface area contributed by atoms with Gasteiger partial charge >= 0.3 is 0 Å². The van der Waals surface area contributed by atoms with Gasteiger partial charge in [0, 0.05) is 12.6 Å². The van der Waals surface area contributed by atoms with Gasteiger partial charge in [0.05, 0.1) is 11.7 Å². The van der Waals surface area contributed by atoms with E-state index in [9.17, 15) is 8.42 Å². The molecule has 0 saturated carbocycles. The van der Waals surface area contributed by atoms with Crippen LogP contribution in [-0.4, -0.2) is 34.1 Å². The molecule has 2 heterocycles. The van der Waals surface area contributed by atoms with E-state index < -0.39 is 10.0 Å². The third kappa shape index (κ3) is 2.15. The average Bonchev–Trinajstić information content (AvgIpc) is 2.86. The molecule has 1 aromatic carbocycles. The third-order valence-electron chi connectivity index (χ3n) is 3.58. The fraction of sp³-hybridized carbons (Fsp3) is 0.500. The first-order chi connectivity index (χ1) is 9.10. The van der Waals surface area contributed by atoms with Crippen molar-refractivity contribution in [2.24, 2.45) is 0 Å². The summed E-state index contributed by atoms with van der Waals surface area (Å²) in [6, 6.07) is 5.20. The topological polar surface area (TPSA) is 63.2 Å². The normalized spacial score (nSPS) is 21.8. The molecule has 7 heteroatoms. The molecule has 0 radical (unpaired) electrons. The molecular formula is C12H15N3O2S2. The number of hydrogen-bond acceptors (Lipinski definition) is 5. The van der Waals surface area contributed by atoms with E-state index in [1.165, 1.54) is 0 Å². The van der Waals surface area contributed by atoms with Gasteiger partial charge in [-0.15, -0.1) is 0 Å². The van der Waals surface area contributed by atoms with Crippen molar-refractivity contribution < 1.29 is 8.42 Å². The lowest BCUT2D eigenvalue weighted by Crippen LogP contribution is -2.41. The number of benzene rings is 1. The Morgan fingerprint density at radius 2 is 2.16 bits per heavy atom. The van der Waals surface area contributed by atoms with Crippen LogP contribution >= 0.6 is 11.7 Å². The Morgan fingerprint density at radius 3 is 2.95 bits per heavy atom. The Bertz CT molecular complexity index is 696. The molecule has 1 aromatic heterocycles. The van der Waals surface area contributed by atoms with Crippen LogP contribution in [0.3, 0.4) is 0 Å². The molecule has 1 aliphatic rings. The summed E-state index contributed by atoms with van der Waals surface area (Å²) in [5, 5.41) is 0. The molecule has 0 aliphatic carbocycles. The highest BCUT2D eigenvalue weighted by Gasteiger charge is 2.32. The fourth-order valence-corrected chi connectivity index (χ4v) is 5.00. The number of fused-ring (bicyclic) bond motifs is 1. The van der Waals surface area contributed by atoms with Crippen molar-refractivity contribution in [3.05, 3.63) is 18.2 Å². The van der Waals surface area contributed by atoms with Gasteiger partial charge in [0.25, 0.3) is 0 Å². The largest absolute Gasteiger partial charge is 0.245 e. The van der Waals surface area contributed by atoms with E-state index in [-0.39, 0.29) is 10.9 Å². The second-order valence-corrected chi connectivity index (χ2v) is 7.24. The SMILES string of the molecule is C[C@H]1CCCCN1S(=O)(=O)c1cccc2nsnc12. The Kier molecular flexibility index (Phi) is 3.28. The van der Waals surface area contributed by atoms with E-state index in [0.717, 1.165) is 31.0 Å². The molecule has 102 valence electrons. The summed E-state index contributed by atoms with van der Waals surface area (Å²) >= 11 is 1.05. The Hall–Kier alpha value is -1.05. The third-order valence-corrected chi connectivity index (χ3v) is 6.17. The first-order valence-electron chi connectivity index (χ1n) is 6.34. The van der Waals surface area contributed by atoms with Gasteiger partial charge in [-0.05, 0) is 31.9 Å². The van der Waals surface area contributed by atoms with Gasteiger partial charge < -0.3 is 0 Å². The zero-order chi connectivity index (χ0) is 13.5. The van der Waals surface area contributed by atoms with Gasteiger partial charge in [-0.25, -0.2) is 8.42 Å². The maximum atomic E-state index is 12.8. The second-order valence-electron chi connectivity index (χ2n) is 4.85. The Morgan fingerprint density at radius 1 is 1.32 bits per heavy atom. The van der Waals surface area contributed by atoms with Crippen molar-refractivity contribution in [3.8, 4) is 0 Å². The van der Waals surface area contributed by atoms with Crippen molar-refractivity contribution in [1.82, 2.24) is 13.1 Å². The van der Waals surface area contributed by atoms with Crippen LogP contribution < -0.4 is 0 Å². The molecule has 1 atom stereocenters. The standard InChI is InChI=1S/C12H15N3O2S2/c1-9-5-2-3-8-15(9)19(16,17)11-7-4-6-10-12(11)14-18-13-10/h4,6-7,9H,2-3,5,8H2,1H3/t9-/m0/s1. The van der Waals surface area contributed by atoms with E-state index in [0.29, 0.717) is 17.6 Å². The molecule has 5 nitrogen and oxygen atoms in total. The molecule has 19 heavy (non-hydrogen) atoms. The van der Waals surface area contributed by atoms with Crippen molar-refractivity contribution >= 4 is 32.8 Å². The van der Waals surface area contributed by atoms with Crippen LogP contribution in [0.4, 0.5) is 0 Å². The first kappa shape index (κ1) is 13.0. The monoisotopic (exact) mass is 297 g/mol. The highest BCUT2D eigenvalue weighted by atomic mass is 32.2. The van der Waals surface area contributed by atoms with Gasteiger partial charge in [-0.2, -0.15) is 13.1 Å². The van der Waals surface area contributed by atoms with Crippen molar-refractivity contribution in [3.63, 3.8) is 0 Å².